The summed E-state index contributed by atoms with van der Waals surface area (Å²) in [5.74, 6) is -0.0723. The third-order valence-corrected chi connectivity index (χ3v) is 5.14. The van der Waals surface area contributed by atoms with Gasteiger partial charge in [-0.25, -0.2) is 0 Å². The number of benzene rings is 2. The fraction of sp³-hybridized carbons (Fsp3) is 0.500. The van der Waals surface area contributed by atoms with Crippen LogP contribution in [0.25, 0.3) is 0 Å². The van der Waals surface area contributed by atoms with Crippen LogP contribution in [0.1, 0.15) is 20.7 Å². The summed E-state index contributed by atoms with van der Waals surface area (Å²) in [4.78, 5) is 25.5. The van der Waals surface area contributed by atoms with Crippen molar-refractivity contribution < 1.29 is 52.6 Å². The van der Waals surface area contributed by atoms with E-state index >= 15 is 0 Å². The molecule has 0 heterocycles. The van der Waals surface area contributed by atoms with Gasteiger partial charge in [-0.15, -0.1) is 0 Å². The Balaban J connectivity index is 1.61. The number of aliphatic hydroxyl groups excluding tert-OH is 1. The quantitative estimate of drug-likeness (QED) is 0.124. The summed E-state index contributed by atoms with van der Waals surface area (Å²) in [5, 5.41) is 8.58. The fourth-order valence-electron chi connectivity index (χ4n) is 3.20. The maximum absolute atomic E-state index is 12.8. The van der Waals surface area contributed by atoms with Crippen LogP contribution >= 0.6 is 0 Å². The lowest BCUT2D eigenvalue weighted by atomic mass is 10.0. The summed E-state index contributed by atoms with van der Waals surface area (Å²) >= 11 is 0. The number of carbonyl (C=O) groups is 2. The molecular weight excluding hydrogens is 512 g/mol. The number of ketones is 2. The van der Waals surface area contributed by atoms with E-state index in [1.54, 1.807) is 24.3 Å². The molecule has 0 unspecified atom stereocenters. The van der Waals surface area contributed by atoms with Crippen molar-refractivity contribution in [2.45, 2.75) is 0 Å². The number of methoxy groups -OCH3 is 2. The SMILES string of the molecule is COc1cccc(C(=O)C(=O)c2cc(OC)cc(OCCOCCOCCOCCOCCOCCO)c2)c1. The van der Waals surface area contributed by atoms with Crippen molar-refractivity contribution in [2.75, 3.05) is 93.5 Å². The van der Waals surface area contributed by atoms with Crippen LogP contribution in [0.2, 0.25) is 0 Å². The van der Waals surface area contributed by atoms with Gasteiger partial charge in [0.25, 0.3) is 0 Å². The van der Waals surface area contributed by atoms with Crippen molar-refractivity contribution in [3.8, 4) is 17.2 Å². The van der Waals surface area contributed by atoms with Crippen molar-refractivity contribution in [3.63, 3.8) is 0 Å². The molecule has 216 valence electrons. The predicted molar refractivity (Wildman–Crippen MR) is 141 cm³/mol. The zero-order valence-corrected chi connectivity index (χ0v) is 22.6. The summed E-state index contributed by atoms with van der Waals surface area (Å²) in [7, 11) is 2.96. The first-order valence-electron chi connectivity index (χ1n) is 12.6. The smallest absolute Gasteiger partial charge is 0.233 e. The number of hydrogen-bond donors (Lipinski definition) is 1. The van der Waals surface area contributed by atoms with Crippen LogP contribution in [-0.4, -0.2) is 110 Å². The minimum Gasteiger partial charge on any atom is -0.497 e. The second kappa shape index (κ2) is 19.9. The number of hydrogen-bond acceptors (Lipinski definition) is 11. The number of ether oxygens (including phenoxy) is 8. The highest BCUT2D eigenvalue weighted by Gasteiger charge is 2.20. The van der Waals surface area contributed by atoms with Crippen LogP contribution in [0, 0.1) is 0 Å². The Hall–Kier alpha value is -3.06. The second-order valence-electron chi connectivity index (χ2n) is 7.92. The molecule has 0 amide bonds. The minimum absolute atomic E-state index is 0.00620. The Kier molecular flexibility index (Phi) is 16.4. The van der Waals surface area contributed by atoms with Crippen molar-refractivity contribution in [1.82, 2.24) is 0 Å². The molecule has 2 aromatic carbocycles. The molecular formula is C28H38O11. The van der Waals surface area contributed by atoms with Gasteiger partial charge in [0.05, 0.1) is 86.9 Å². The van der Waals surface area contributed by atoms with Gasteiger partial charge < -0.3 is 43.0 Å². The first kappa shape index (κ1) is 32.2. The highest BCUT2D eigenvalue weighted by atomic mass is 16.6. The minimum atomic E-state index is -0.680. The molecule has 0 aliphatic heterocycles. The summed E-state index contributed by atoms with van der Waals surface area (Å²) in [5.41, 5.74) is 0.393. The van der Waals surface area contributed by atoms with E-state index in [2.05, 4.69) is 0 Å². The van der Waals surface area contributed by atoms with Gasteiger partial charge in [0.15, 0.2) is 0 Å². The molecule has 1 N–H and O–H groups in total. The average Bonchev–Trinajstić information content (AvgIpc) is 2.97. The second-order valence-corrected chi connectivity index (χ2v) is 7.92. The lowest BCUT2D eigenvalue weighted by Crippen LogP contribution is -2.15. The molecule has 0 atom stereocenters. The maximum atomic E-state index is 12.8. The van der Waals surface area contributed by atoms with Crippen molar-refractivity contribution >= 4 is 11.6 Å². The molecule has 0 fully saturated rings. The Morgan fingerprint density at radius 1 is 0.564 bits per heavy atom. The first-order chi connectivity index (χ1) is 19.1. The fourth-order valence-corrected chi connectivity index (χ4v) is 3.20. The molecule has 2 rings (SSSR count). The molecule has 0 aliphatic carbocycles. The number of Topliss-reactive ketones (excluding diaryl/α,β-unsaturated/α-hetero) is 2. The van der Waals surface area contributed by atoms with Gasteiger partial charge in [0.2, 0.25) is 11.6 Å². The Morgan fingerprint density at radius 2 is 1.03 bits per heavy atom. The van der Waals surface area contributed by atoms with Crippen LogP contribution in [0.5, 0.6) is 17.2 Å². The Bertz CT molecular complexity index is 980. The normalized spacial score (nSPS) is 10.8. The van der Waals surface area contributed by atoms with Gasteiger partial charge in [-0.05, 0) is 24.3 Å². The van der Waals surface area contributed by atoms with Gasteiger partial charge >= 0.3 is 0 Å². The summed E-state index contributed by atoms with van der Waals surface area (Å²) in [6.07, 6.45) is 0. The van der Waals surface area contributed by atoms with Crippen molar-refractivity contribution in [2.24, 2.45) is 0 Å². The Morgan fingerprint density at radius 3 is 1.56 bits per heavy atom. The summed E-state index contributed by atoms with van der Waals surface area (Å²) < 4.78 is 42.8. The molecule has 0 saturated heterocycles. The van der Waals surface area contributed by atoms with Crippen LogP contribution in [0.15, 0.2) is 42.5 Å². The summed E-state index contributed by atoms with van der Waals surface area (Å²) in [6.45, 7) is 4.38. The summed E-state index contributed by atoms with van der Waals surface area (Å²) in [6, 6.07) is 11.0. The number of aliphatic hydroxyl groups is 1. The standard InChI is InChI=1S/C28H38O11/c1-32-24-5-3-4-22(18-24)27(30)28(31)23-19-25(33-2)21-26(20-23)39-17-16-38-15-14-37-13-12-36-11-10-35-9-8-34-7-6-29/h3-5,18-21,29H,6-17H2,1-2H3. The molecule has 11 nitrogen and oxygen atoms in total. The van der Waals surface area contributed by atoms with Crippen LogP contribution in [-0.2, 0) is 23.7 Å². The van der Waals surface area contributed by atoms with E-state index in [9.17, 15) is 9.59 Å². The molecule has 0 bridgehead atoms. The Labute approximate surface area is 228 Å². The molecule has 39 heavy (non-hydrogen) atoms. The molecule has 0 aliphatic rings. The predicted octanol–water partition coefficient (Wildman–Crippen LogP) is 2.22. The highest BCUT2D eigenvalue weighted by Crippen LogP contribution is 2.24. The molecule has 2 aromatic rings. The van der Waals surface area contributed by atoms with Crippen molar-refractivity contribution in [3.05, 3.63) is 53.6 Å². The van der Waals surface area contributed by atoms with Crippen LogP contribution in [0.4, 0.5) is 0 Å². The number of rotatable bonds is 23. The molecule has 0 aromatic heterocycles. The highest BCUT2D eigenvalue weighted by molar-refractivity contribution is 6.49. The van der Waals surface area contributed by atoms with Gasteiger partial charge in [0.1, 0.15) is 23.9 Å². The van der Waals surface area contributed by atoms with Gasteiger partial charge in [-0.1, -0.05) is 12.1 Å². The van der Waals surface area contributed by atoms with Crippen LogP contribution in [0.3, 0.4) is 0 Å². The van der Waals surface area contributed by atoms with Gasteiger partial charge in [-0.2, -0.15) is 0 Å². The maximum Gasteiger partial charge on any atom is 0.233 e. The number of carbonyl (C=O) groups excluding carboxylic acids is 2. The molecule has 0 radical (unpaired) electrons. The zero-order valence-electron chi connectivity index (χ0n) is 22.6. The lowest BCUT2D eigenvalue weighted by Gasteiger charge is -2.11. The largest absolute Gasteiger partial charge is 0.497 e. The van der Waals surface area contributed by atoms with Gasteiger partial charge in [-0.3, -0.25) is 9.59 Å². The van der Waals surface area contributed by atoms with E-state index in [1.807, 2.05) is 0 Å². The van der Waals surface area contributed by atoms with E-state index in [-0.39, 0.29) is 24.3 Å². The van der Waals surface area contributed by atoms with Gasteiger partial charge in [0, 0.05) is 17.2 Å². The average molecular weight is 551 g/mol. The van der Waals surface area contributed by atoms with E-state index in [4.69, 9.17) is 43.0 Å². The first-order valence-corrected chi connectivity index (χ1v) is 12.6. The third-order valence-electron chi connectivity index (χ3n) is 5.14. The molecule has 11 heteroatoms. The molecule has 0 saturated carbocycles. The van der Waals surface area contributed by atoms with E-state index in [0.29, 0.717) is 83.3 Å². The monoisotopic (exact) mass is 550 g/mol. The third kappa shape index (κ3) is 13.0. The van der Waals surface area contributed by atoms with E-state index in [0.717, 1.165) is 0 Å². The van der Waals surface area contributed by atoms with Crippen molar-refractivity contribution in [1.29, 1.82) is 0 Å². The molecule has 0 spiro atoms. The topological polar surface area (TPSA) is 128 Å². The van der Waals surface area contributed by atoms with Crippen LogP contribution < -0.4 is 14.2 Å². The zero-order chi connectivity index (χ0) is 28.1. The van der Waals surface area contributed by atoms with E-state index < -0.39 is 11.6 Å². The lowest BCUT2D eigenvalue weighted by molar-refractivity contribution is -0.0146. The van der Waals surface area contributed by atoms with E-state index in [1.165, 1.54) is 32.4 Å².